The molecule has 0 saturated heterocycles. The van der Waals surface area contributed by atoms with E-state index >= 15 is 0 Å². The quantitative estimate of drug-likeness (QED) is 0.0142. The van der Waals surface area contributed by atoms with Crippen LogP contribution in [-0.4, -0.2) is 135 Å². The van der Waals surface area contributed by atoms with Crippen molar-refractivity contribution in [2.24, 2.45) is 41.2 Å². The number of nitrogens with zero attached hydrogens (tertiary/aromatic N) is 5. The minimum Gasteiger partial charge on any atom is -0.870 e. The number of aromatic nitrogens is 3. The van der Waals surface area contributed by atoms with Gasteiger partial charge in [-0.15, -0.1) is 34.0 Å². The molecule has 92 heavy (non-hydrogen) atoms. The number of carboxylic acids is 1. The van der Waals surface area contributed by atoms with Crippen molar-refractivity contribution in [2.75, 3.05) is 97.6 Å². The average Bonchev–Trinajstić information content (AvgIpc) is 1.67. The van der Waals surface area contributed by atoms with E-state index < -0.39 is 11.9 Å². The third-order valence-corrected chi connectivity index (χ3v) is 19.5. The second-order valence-corrected chi connectivity index (χ2v) is 29.7. The normalized spacial score (nSPS) is 12.1. The third-order valence-electron chi connectivity index (χ3n) is 14.2. The number of nitrogens with two attached hydrogens (primary N) is 1. The molecular formula is C66H94Cl6LiN9O7S3. The molecule has 3 heterocycles. The van der Waals surface area contributed by atoms with Crippen LogP contribution < -0.4 is 40.5 Å². The van der Waals surface area contributed by atoms with Gasteiger partial charge in [0.1, 0.15) is 0 Å². The van der Waals surface area contributed by atoms with Crippen molar-refractivity contribution in [3.05, 3.63) is 99.4 Å². The number of unbranched alkanes of at least 4 members (excludes halogenated alkanes) is 3. The molecule has 7 N–H and O–H groups in total. The Bertz CT molecular complexity index is 3170. The molecule has 0 saturated carbocycles. The molecule has 0 spiro atoms. The van der Waals surface area contributed by atoms with Gasteiger partial charge in [0.25, 0.3) is 0 Å². The largest absolute Gasteiger partial charge is 1.00 e. The van der Waals surface area contributed by atoms with Crippen molar-refractivity contribution < 1.29 is 53.3 Å². The summed E-state index contributed by atoms with van der Waals surface area (Å²) in [5.74, 6) is -0.551. The van der Waals surface area contributed by atoms with Crippen LogP contribution in [0.1, 0.15) is 114 Å². The maximum Gasteiger partial charge on any atom is 1.00 e. The molecular weight excluding hydrogens is 1350 g/mol. The van der Waals surface area contributed by atoms with E-state index in [1.165, 1.54) is 24.0 Å². The molecule has 0 amide bonds. The fourth-order valence-electron chi connectivity index (χ4n) is 9.47. The Hall–Kier alpha value is -3.46. The van der Waals surface area contributed by atoms with Crippen LogP contribution in [0.3, 0.4) is 0 Å². The van der Waals surface area contributed by atoms with E-state index in [4.69, 9.17) is 99.8 Å². The molecule has 6 aromatic rings. The number of benzene rings is 3. The number of thiazole rings is 3. The van der Waals surface area contributed by atoms with Crippen LogP contribution in [0, 0.1) is 35.5 Å². The molecule has 3 aromatic carbocycles. The molecule has 0 bridgehead atoms. The Morgan fingerprint density at radius 3 is 1.05 bits per heavy atom. The van der Waals surface area contributed by atoms with Crippen molar-refractivity contribution in [3.63, 3.8) is 0 Å². The van der Waals surface area contributed by atoms with Crippen LogP contribution >= 0.6 is 104 Å². The number of carbonyl (C=O) groups is 3. The summed E-state index contributed by atoms with van der Waals surface area (Å²) in [4.78, 5) is 58.2. The Kier molecular flexibility index (Phi) is 40.8. The van der Waals surface area contributed by atoms with Gasteiger partial charge in [0.05, 0.1) is 79.2 Å². The average molecular weight is 1440 g/mol. The number of halogens is 6. The molecule has 0 aliphatic rings. The van der Waals surface area contributed by atoms with Crippen LogP contribution in [0.25, 0.3) is 33.8 Å². The smallest absolute Gasteiger partial charge is 0.870 e. The van der Waals surface area contributed by atoms with Crippen molar-refractivity contribution in [1.29, 1.82) is 0 Å². The predicted octanol–water partition coefficient (Wildman–Crippen LogP) is 14.9. The number of carboxylic acid groups (broad SMARTS) is 1. The molecule has 3 aromatic heterocycles. The Morgan fingerprint density at radius 2 is 0.793 bits per heavy atom. The molecule has 506 valence electrons. The first-order valence-electron chi connectivity index (χ1n) is 30.7. The summed E-state index contributed by atoms with van der Waals surface area (Å²) >= 11 is 41.7. The zero-order valence-corrected chi connectivity index (χ0v) is 62.6. The molecule has 6 rings (SSSR count). The minimum atomic E-state index is -0.768. The first kappa shape index (κ1) is 84.6. The van der Waals surface area contributed by atoms with Crippen molar-refractivity contribution in [3.8, 4) is 33.8 Å². The van der Waals surface area contributed by atoms with E-state index in [0.717, 1.165) is 138 Å². The second-order valence-electron chi connectivity index (χ2n) is 24.1. The minimum absolute atomic E-state index is 0. The summed E-state index contributed by atoms with van der Waals surface area (Å²) in [7, 11) is 11.0. The van der Waals surface area contributed by atoms with Crippen LogP contribution in [0.4, 0.5) is 15.4 Å². The summed E-state index contributed by atoms with van der Waals surface area (Å²) in [6.07, 6.45) is 10.6. The molecule has 0 fully saturated rings. The number of hydrogen-bond donors (Lipinski definition) is 5. The Labute approximate surface area is 600 Å². The fourth-order valence-corrected chi connectivity index (χ4v) is 14.0. The molecule has 3 unspecified atom stereocenters. The van der Waals surface area contributed by atoms with Gasteiger partial charge in [-0.1, -0.05) is 149 Å². The van der Waals surface area contributed by atoms with Gasteiger partial charge in [-0.3, -0.25) is 14.4 Å². The topological polar surface area (TPSA) is 227 Å². The number of aliphatic carboxylic acids is 1. The van der Waals surface area contributed by atoms with E-state index in [0.29, 0.717) is 80.5 Å². The standard InChI is InChI=1S/C23H33Cl2N3O2S.C22H31Cl2N3O2S.C21H29Cl2N3O2S.Li.H2O/c1-15(2)12-20-21(16-9-10-18(24)19(25)13-16)27-23(31-20)26-14-17(22(29)30-5)8-6-7-11-28(3)4;1-14(2)11-19-20(15-8-9-17(23)18(24)12-15)26-22(30-19)25-13-16(21(28)29)7-5-6-10-27(3)4;1-13(2)10-18-19(14-7-8-16(22)17(23)11-14)26-21(29-18)25-12-15(20(27)28-3)6-4-5-9-24;;/h9-10,13,15,17H,6-8,11-12,14H2,1-5H3,(H,26,27);8-9,12,14,16H,5-7,10-11,13H2,1-4H3,(H,25,26)(H,28,29);7-8,11,13,15H,4-6,9-10,12,24H2,1-3H3,(H,25,26);;1H2/q;;;+1;/p-1. The molecule has 0 aliphatic heterocycles. The fraction of sp³-hybridized carbons (Fsp3) is 0.545. The number of esters is 2. The van der Waals surface area contributed by atoms with Crippen molar-refractivity contribution >= 4 is 137 Å². The van der Waals surface area contributed by atoms with Crippen molar-refractivity contribution in [2.45, 2.75) is 119 Å². The Morgan fingerprint density at radius 1 is 0.500 bits per heavy atom. The summed E-state index contributed by atoms with van der Waals surface area (Å²) < 4.78 is 9.97. The van der Waals surface area contributed by atoms with Gasteiger partial charge in [0.15, 0.2) is 15.4 Å². The number of methoxy groups -OCH3 is 2. The maximum absolute atomic E-state index is 12.3. The van der Waals surface area contributed by atoms with Crippen LogP contribution in [0.2, 0.25) is 30.1 Å². The molecule has 26 heteroatoms. The van der Waals surface area contributed by atoms with E-state index in [-0.39, 0.29) is 48.1 Å². The number of carbonyl (C=O) groups excluding carboxylic acids is 2. The number of rotatable bonds is 35. The van der Waals surface area contributed by atoms with Crippen molar-refractivity contribution in [1.82, 2.24) is 24.8 Å². The zero-order valence-electron chi connectivity index (χ0n) is 55.6. The first-order chi connectivity index (χ1) is 42.7. The SMILES string of the molecule is CC(C)Cc1sc(NCC(CCCCN(C)C)C(=O)O)nc1-c1ccc(Cl)c(Cl)c1.COC(=O)C(CCCCN(C)C)CNc1nc(-c2ccc(Cl)c(Cl)c2)c(CC(C)C)s1.COC(=O)C(CCCCN)CNc1nc(-c2ccc(Cl)c(Cl)c2)c(CC(C)C)s1.[Li+].[OH-]. The van der Waals surface area contributed by atoms with Crippen LogP contribution in [0.15, 0.2) is 54.6 Å². The van der Waals surface area contributed by atoms with Crippen LogP contribution in [0.5, 0.6) is 0 Å². The van der Waals surface area contributed by atoms with Gasteiger partial charge in [-0.2, -0.15) is 0 Å². The zero-order chi connectivity index (χ0) is 66.6. The van der Waals surface area contributed by atoms with Gasteiger partial charge in [0, 0.05) is 51.0 Å². The molecule has 0 radical (unpaired) electrons. The summed E-state index contributed by atoms with van der Waals surface area (Å²) in [6, 6.07) is 16.7. The number of ether oxygens (including phenoxy) is 2. The molecule has 0 aliphatic carbocycles. The number of hydrogen-bond acceptors (Lipinski definition) is 18. The third kappa shape index (κ3) is 29.9. The molecule has 16 nitrogen and oxygen atoms in total. The Balaban J connectivity index is 0.000000465. The van der Waals surface area contributed by atoms with E-state index in [1.54, 1.807) is 52.2 Å². The first-order valence-corrected chi connectivity index (χ1v) is 35.4. The number of anilines is 3. The molecule has 3 atom stereocenters. The summed E-state index contributed by atoms with van der Waals surface area (Å²) in [5.41, 5.74) is 11.1. The van der Waals surface area contributed by atoms with Gasteiger partial charge < -0.3 is 51.5 Å². The van der Waals surface area contributed by atoms with Crippen LogP contribution in [-0.2, 0) is 43.1 Å². The van der Waals surface area contributed by atoms with Gasteiger partial charge >= 0.3 is 36.8 Å². The second kappa shape index (κ2) is 44.4. The van der Waals surface area contributed by atoms with E-state index in [2.05, 4.69) is 81.4 Å². The van der Waals surface area contributed by atoms with E-state index in [9.17, 15) is 19.5 Å². The monoisotopic (exact) mass is 1440 g/mol. The van der Waals surface area contributed by atoms with Gasteiger partial charge in [-0.25, -0.2) is 15.0 Å². The number of nitrogens with one attached hydrogen (secondary N) is 3. The van der Waals surface area contributed by atoms with E-state index in [1.807, 2.05) is 50.5 Å². The summed E-state index contributed by atoms with van der Waals surface area (Å²) in [5, 5.41) is 25.0. The predicted molar refractivity (Wildman–Crippen MR) is 386 cm³/mol. The maximum atomic E-state index is 12.3. The summed E-state index contributed by atoms with van der Waals surface area (Å²) in [6.45, 7) is 17.0. The van der Waals surface area contributed by atoms with Gasteiger partial charge in [-0.05, 0) is 160 Å². The van der Waals surface area contributed by atoms with Gasteiger partial charge in [0.2, 0.25) is 0 Å².